The Kier molecular flexibility index (Phi) is 12.9. The van der Waals surface area contributed by atoms with Gasteiger partial charge in [0, 0.05) is 13.2 Å². The summed E-state index contributed by atoms with van der Waals surface area (Å²) < 4.78 is 15.5. The van der Waals surface area contributed by atoms with E-state index in [1.807, 2.05) is 5.97 Å². The molecule has 0 aliphatic heterocycles. The van der Waals surface area contributed by atoms with Crippen molar-refractivity contribution >= 4 is 7.28 Å². The van der Waals surface area contributed by atoms with Gasteiger partial charge in [-0.05, 0) is 12.3 Å². The second-order valence-corrected chi connectivity index (χ2v) is 2.75. The molecule has 0 aliphatic carbocycles. The molecule has 0 aliphatic rings. The van der Waals surface area contributed by atoms with Crippen molar-refractivity contribution < 1.29 is 14.2 Å². The van der Waals surface area contributed by atoms with Gasteiger partial charge < -0.3 is 19.9 Å². The predicted octanol–water partition coefficient (Wildman–Crippen LogP) is -0.402. The molecule has 1 radical (unpaired) electrons. The van der Waals surface area contributed by atoms with Gasteiger partial charge in [0.25, 0.3) is 7.28 Å². The summed E-state index contributed by atoms with van der Waals surface area (Å²) in [6.45, 7) is 3.92. The molecular formula is C9H18BN2O3. The second-order valence-electron chi connectivity index (χ2n) is 2.75. The van der Waals surface area contributed by atoms with E-state index in [4.69, 9.17) is 25.2 Å². The lowest BCUT2D eigenvalue weighted by Gasteiger charge is -2.05. The van der Waals surface area contributed by atoms with Gasteiger partial charge in [-0.15, -0.1) is 0 Å². The SMILES string of the molecule is N#C[B]CCOCCOCCOCCN. The Morgan fingerprint density at radius 1 is 0.933 bits per heavy atom. The van der Waals surface area contributed by atoms with Crippen LogP contribution in [0.25, 0.3) is 0 Å². The summed E-state index contributed by atoms with van der Waals surface area (Å²) in [7, 11) is 1.52. The van der Waals surface area contributed by atoms with Crippen molar-refractivity contribution in [1.29, 1.82) is 5.26 Å². The molecule has 0 aromatic rings. The maximum absolute atomic E-state index is 8.20. The number of nitrogens with zero attached hydrogens (tertiary/aromatic N) is 1. The minimum atomic E-state index is 0.540. The van der Waals surface area contributed by atoms with Gasteiger partial charge in [0.2, 0.25) is 0 Å². The maximum atomic E-state index is 8.20. The Morgan fingerprint density at radius 3 is 2.00 bits per heavy atom. The van der Waals surface area contributed by atoms with E-state index in [-0.39, 0.29) is 0 Å². The maximum Gasteiger partial charge on any atom is 0.257 e. The van der Waals surface area contributed by atoms with Gasteiger partial charge in [-0.3, -0.25) is 0 Å². The first-order valence-corrected chi connectivity index (χ1v) is 5.06. The molecule has 0 saturated carbocycles. The quantitative estimate of drug-likeness (QED) is 0.373. The molecule has 85 valence electrons. The molecule has 0 aromatic carbocycles. The molecule has 0 atom stereocenters. The van der Waals surface area contributed by atoms with Crippen molar-refractivity contribution in [2.45, 2.75) is 6.32 Å². The number of hydrogen-bond donors (Lipinski definition) is 1. The number of ether oxygens (including phenoxy) is 3. The fourth-order valence-electron chi connectivity index (χ4n) is 0.832. The highest BCUT2D eigenvalue weighted by atomic mass is 16.5. The Morgan fingerprint density at radius 2 is 1.47 bits per heavy atom. The van der Waals surface area contributed by atoms with Gasteiger partial charge in [0.15, 0.2) is 0 Å². The zero-order chi connectivity index (χ0) is 11.2. The third kappa shape index (κ3) is 13.4. The normalized spacial score (nSPS) is 9.87. The highest BCUT2D eigenvalue weighted by Crippen LogP contribution is 1.83. The largest absolute Gasteiger partial charge is 0.380 e. The minimum Gasteiger partial charge on any atom is -0.380 e. The lowest BCUT2D eigenvalue weighted by Crippen LogP contribution is -2.13. The summed E-state index contributed by atoms with van der Waals surface area (Å²) in [6.07, 6.45) is 0.663. The van der Waals surface area contributed by atoms with Crippen molar-refractivity contribution in [3.63, 3.8) is 0 Å². The van der Waals surface area contributed by atoms with E-state index in [1.165, 1.54) is 7.28 Å². The molecule has 0 unspecified atom stereocenters. The summed E-state index contributed by atoms with van der Waals surface area (Å²) in [5.74, 6) is 1.94. The van der Waals surface area contributed by atoms with E-state index in [1.54, 1.807) is 0 Å². The average Bonchev–Trinajstić information content (AvgIpc) is 2.26. The second kappa shape index (κ2) is 13.4. The topological polar surface area (TPSA) is 77.5 Å². The third-order valence-corrected chi connectivity index (χ3v) is 1.50. The van der Waals surface area contributed by atoms with Gasteiger partial charge in [-0.2, -0.15) is 0 Å². The third-order valence-electron chi connectivity index (χ3n) is 1.50. The zero-order valence-electron chi connectivity index (χ0n) is 8.98. The van der Waals surface area contributed by atoms with Crippen LogP contribution >= 0.6 is 0 Å². The molecule has 0 spiro atoms. The van der Waals surface area contributed by atoms with Crippen LogP contribution in [0.15, 0.2) is 0 Å². The molecule has 2 N–H and O–H groups in total. The molecule has 6 heteroatoms. The molecular weight excluding hydrogens is 195 g/mol. The summed E-state index contributed by atoms with van der Waals surface area (Å²) in [5.41, 5.74) is 5.24. The van der Waals surface area contributed by atoms with Crippen LogP contribution in [-0.4, -0.2) is 53.5 Å². The van der Waals surface area contributed by atoms with Crippen LogP contribution in [0, 0.1) is 11.2 Å². The van der Waals surface area contributed by atoms with E-state index in [0.29, 0.717) is 52.5 Å². The first-order valence-electron chi connectivity index (χ1n) is 5.06. The van der Waals surface area contributed by atoms with Crippen LogP contribution in [0.4, 0.5) is 0 Å². The molecule has 0 heterocycles. The van der Waals surface area contributed by atoms with E-state index in [0.717, 1.165) is 0 Å². The van der Waals surface area contributed by atoms with Crippen molar-refractivity contribution in [3.05, 3.63) is 0 Å². The molecule has 0 amide bonds. The molecule has 0 rings (SSSR count). The van der Waals surface area contributed by atoms with Crippen molar-refractivity contribution in [2.24, 2.45) is 5.73 Å². The Labute approximate surface area is 91.7 Å². The lowest BCUT2D eigenvalue weighted by molar-refractivity contribution is 0.0185. The smallest absolute Gasteiger partial charge is 0.257 e. The van der Waals surface area contributed by atoms with Gasteiger partial charge in [0.05, 0.1) is 33.0 Å². The van der Waals surface area contributed by atoms with Gasteiger partial charge in [-0.25, -0.2) is 5.26 Å². The average molecular weight is 213 g/mol. The number of rotatable bonds is 11. The fourth-order valence-corrected chi connectivity index (χ4v) is 0.832. The van der Waals surface area contributed by atoms with Crippen molar-refractivity contribution in [1.82, 2.24) is 0 Å². The summed E-state index contributed by atoms with van der Waals surface area (Å²) in [4.78, 5) is 0. The predicted molar refractivity (Wildman–Crippen MR) is 57.7 cm³/mol. The molecule has 0 bridgehead atoms. The van der Waals surface area contributed by atoms with Crippen LogP contribution in [0.2, 0.25) is 6.32 Å². The Hall–Kier alpha value is -0.605. The van der Waals surface area contributed by atoms with Crippen LogP contribution in [-0.2, 0) is 14.2 Å². The van der Waals surface area contributed by atoms with Crippen molar-refractivity contribution in [3.8, 4) is 5.97 Å². The number of nitrogens with two attached hydrogens (primary N) is 1. The zero-order valence-corrected chi connectivity index (χ0v) is 8.98. The molecule has 0 saturated heterocycles. The summed E-state index contributed by atoms with van der Waals surface area (Å²) in [6, 6.07) is 0. The van der Waals surface area contributed by atoms with Gasteiger partial charge >= 0.3 is 0 Å². The monoisotopic (exact) mass is 213 g/mol. The molecule has 0 fully saturated rings. The number of hydrogen-bond acceptors (Lipinski definition) is 5. The minimum absolute atomic E-state index is 0.540. The van der Waals surface area contributed by atoms with E-state index in [9.17, 15) is 0 Å². The highest BCUT2D eigenvalue weighted by Gasteiger charge is 1.92. The van der Waals surface area contributed by atoms with Crippen LogP contribution in [0.5, 0.6) is 0 Å². The van der Waals surface area contributed by atoms with Crippen molar-refractivity contribution in [2.75, 3.05) is 46.2 Å². The molecule has 15 heavy (non-hydrogen) atoms. The van der Waals surface area contributed by atoms with Crippen LogP contribution < -0.4 is 5.73 Å². The summed E-state index contributed by atoms with van der Waals surface area (Å²) in [5, 5.41) is 8.20. The van der Waals surface area contributed by atoms with Gasteiger partial charge in [0.1, 0.15) is 0 Å². The summed E-state index contributed by atoms with van der Waals surface area (Å²) >= 11 is 0. The fraction of sp³-hybridized carbons (Fsp3) is 0.889. The van der Waals surface area contributed by atoms with E-state index in [2.05, 4.69) is 0 Å². The van der Waals surface area contributed by atoms with Gasteiger partial charge in [-0.1, -0.05) is 0 Å². The molecule has 5 nitrogen and oxygen atoms in total. The van der Waals surface area contributed by atoms with Crippen LogP contribution in [0.3, 0.4) is 0 Å². The van der Waals surface area contributed by atoms with Crippen LogP contribution in [0.1, 0.15) is 0 Å². The standard InChI is InChI=1S/C9H18BN2O3/c11-2-4-14-6-8-15-7-5-13-3-1-10-9-12/h1-8,11H2. The first kappa shape index (κ1) is 14.4. The Bertz CT molecular complexity index is 164. The first-order chi connectivity index (χ1) is 7.41. The van der Waals surface area contributed by atoms with E-state index >= 15 is 0 Å². The highest BCUT2D eigenvalue weighted by molar-refractivity contribution is 6.45. The molecule has 0 aromatic heterocycles. The number of nitriles is 1. The Balaban J connectivity index is 2.84. The van der Waals surface area contributed by atoms with E-state index < -0.39 is 0 Å². The lowest BCUT2D eigenvalue weighted by atomic mass is 9.78.